The number of hydrogen-bond acceptors (Lipinski definition) is 5. The average Bonchev–Trinajstić information content (AvgIpc) is 3.29. The van der Waals surface area contributed by atoms with E-state index in [-0.39, 0.29) is 5.78 Å². The molecule has 0 radical (unpaired) electrons. The SMILES string of the molecule is O=C(CSc1nnc(-c2ccccc2)o1)c1ccc2c(c1)CCC2. The van der Waals surface area contributed by atoms with Gasteiger partial charge < -0.3 is 4.42 Å². The number of rotatable bonds is 5. The Morgan fingerprint density at radius 2 is 1.88 bits per heavy atom. The van der Waals surface area contributed by atoms with E-state index in [9.17, 15) is 4.79 Å². The van der Waals surface area contributed by atoms with Crippen molar-refractivity contribution in [2.24, 2.45) is 0 Å². The van der Waals surface area contributed by atoms with Crippen molar-refractivity contribution in [3.8, 4) is 11.5 Å². The summed E-state index contributed by atoms with van der Waals surface area (Å²) in [5.74, 6) is 0.868. The molecule has 0 bridgehead atoms. The molecule has 4 rings (SSSR count). The largest absolute Gasteiger partial charge is 0.411 e. The molecule has 1 heterocycles. The van der Waals surface area contributed by atoms with Crippen molar-refractivity contribution in [2.75, 3.05) is 5.75 Å². The van der Waals surface area contributed by atoms with Crippen LogP contribution in [0.1, 0.15) is 27.9 Å². The van der Waals surface area contributed by atoms with Crippen LogP contribution in [0.2, 0.25) is 0 Å². The Kier molecular flexibility index (Phi) is 4.17. The van der Waals surface area contributed by atoms with Crippen molar-refractivity contribution in [1.29, 1.82) is 0 Å². The molecule has 0 spiro atoms. The Hall–Kier alpha value is -2.40. The number of carbonyl (C=O) groups is 1. The van der Waals surface area contributed by atoms with E-state index in [4.69, 9.17) is 4.42 Å². The Balaban J connectivity index is 1.42. The number of nitrogens with zero attached hydrogens (tertiary/aromatic N) is 2. The third kappa shape index (κ3) is 3.12. The summed E-state index contributed by atoms with van der Waals surface area (Å²) < 4.78 is 5.62. The second-order valence-corrected chi connectivity index (χ2v) is 6.71. The lowest BCUT2D eigenvalue weighted by molar-refractivity contribution is 0.102. The molecule has 2 aromatic carbocycles. The van der Waals surface area contributed by atoms with E-state index in [0.717, 1.165) is 24.0 Å². The van der Waals surface area contributed by atoms with E-state index in [1.54, 1.807) is 0 Å². The zero-order valence-electron chi connectivity index (χ0n) is 13.1. The number of benzene rings is 2. The van der Waals surface area contributed by atoms with Crippen LogP contribution < -0.4 is 0 Å². The van der Waals surface area contributed by atoms with Crippen LogP contribution in [0.15, 0.2) is 58.2 Å². The van der Waals surface area contributed by atoms with Gasteiger partial charge in [0.2, 0.25) is 5.89 Å². The smallest absolute Gasteiger partial charge is 0.277 e. The second kappa shape index (κ2) is 6.61. The molecule has 5 heteroatoms. The van der Waals surface area contributed by atoms with Gasteiger partial charge in [-0.15, -0.1) is 10.2 Å². The summed E-state index contributed by atoms with van der Waals surface area (Å²) in [5, 5.41) is 8.47. The first kappa shape index (κ1) is 15.1. The Bertz CT molecular complexity index is 874. The van der Waals surface area contributed by atoms with Crippen molar-refractivity contribution in [1.82, 2.24) is 10.2 Å². The van der Waals surface area contributed by atoms with Crippen LogP contribution in [0.25, 0.3) is 11.5 Å². The summed E-state index contributed by atoms with van der Waals surface area (Å²) in [6.45, 7) is 0. The zero-order valence-corrected chi connectivity index (χ0v) is 13.9. The van der Waals surface area contributed by atoms with Crippen LogP contribution in [-0.2, 0) is 12.8 Å². The van der Waals surface area contributed by atoms with E-state index in [2.05, 4.69) is 16.3 Å². The fraction of sp³-hybridized carbons (Fsp3) is 0.211. The van der Waals surface area contributed by atoms with E-state index in [1.807, 2.05) is 42.5 Å². The maximum absolute atomic E-state index is 12.4. The summed E-state index contributed by atoms with van der Waals surface area (Å²) in [6, 6.07) is 15.7. The number of fused-ring (bicyclic) bond motifs is 1. The fourth-order valence-electron chi connectivity index (χ4n) is 2.92. The lowest BCUT2D eigenvalue weighted by atomic mass is 10.0. The molecule has 24 heavy (non-hydrogen) atoms. The topological polar surface area (TPSA) is 56.0 Å². The van der Waals surface area contributed by atoms with Crippen molar-refractivity contribution < 1.29 is 9.21 Å². The summed E-state index contributed by atoms with van der Waals surface area (Å²) in [6.07, 6.45) is 3.39. The first-order chi connectivity index (χ1) is 11.8. The van der Waals surface area contributed by atoms with Crippen molar-refractivity contribution in [3.05, 3.63) is 65.2 Å². The standard InChI is InChI=1S/C19H16N2O2S/c22-17(16-10-9-13-7-4-8-15(13)11-16)12-24-19-21-20-18(23-19)14-5-2-1-3-6-14/h1-3,5-6,9-11H,4,7-8,12H2. The lowest BCUT2D eigenvalue weighted by Crippen LogP contribution is -2.03. The Morgan fingerprint density at radius 3 is 2.75 bits per heavy atom. The molecule has 0 fully saturated rings. The number of aromatic nitrogens is 2. The first-order valence-corrected chi connectivity index (χ1v) is 8.95. The third-order valence-corrected chi connectivity index (χ3v) is 4.99. The number of carbonyl (C=O) groups excluding carboxylic acids is 1. The summed E-state index contributed by atoms with van der Waals surface area (Å²) in [4.78, 5) is 12.4. The zero-order chi connectivity index (χ0) is 16.4. The highest BCUT2D eigenvalue weighted by atomic mass is 32.2. The van der Waals surface area contributed by atoms with Gasteiger partial charge >= 0.3 is 0 Å². The molecule has 3 aromatic rings. The molecule has 0 N–H and O–H groups in total. The van der Waals surface area contributed by atoms with Gasteiger partial charge in [-0.3, -0.25) is 4.79 Å². The van der Waals surface area contributed by atoms with Gasteiger partial charge in [-0.05, 0) is 48.6 Å². The van der Waals surface area contributed by atoms with Gasteiger partial charge in [0, 0.05) is 11.1 Å². The highest BCUT2D eigenvalue weighted by Crippen LogP contribution is 2.26. The molecular formula is C19H16N2O2S. The molecule has 0 saturated heterocycles. The summed E-state index contributed by atoms with van der Waals surface area (Å²) in [5.41, 5.74) is 4.34. The molecule has 0 atom stereocenters. The molecule has 120 valence electrons. The average molecular weight is 336 g/mol. The lowest BCUT2D eigenvalue weighted by Gasteiger charge is -2.03. The van der Waals surface area contributed by atoms with Gasteiger partial charge in [-0.25, -0.2) is 0 Å². The number of aryl methyl sites for hydroxylation is 2. The molecular weight excluding hydrogens is 320 g/mol. The van der Waals surface area contributed by atoms with Gasteiger partial charge in [-0.1, -0.05) is 42.1 Å². The van der Waals surface area contributed by atoms with Gasteiger partial charge in [0.05, 0.1) is 5.75 Å². The molecule has 0 aliphatic heterocycles. The third-order valence-electron chi connectivity index (χ3n) is 4.17. The molecule has 4 nitrogen and oxygen atoms in total. The molecule has 1 aliphatic carbocycles. The van der Waals surface area contributed by atoms with Crippen molar-refractivity contribution in [3.63, 3.8) is 0 Å². The molecule has 1 aliphatic rings. The number of thioether (sulfide) groups is 1. The minimum atomic E-state index is 0.0918. The van der Waals surface area contributed by atoms with Crippen LogP contribution in [0.4, 0.5) is 0 Å². The van der Waals surface area contributed by atoms with Crippen LogP contribution in [-0.4, -0.2) is 21.7 Å². The summed E-state index contributed by atoms with van der Waals surface area (Å²) in [7, 11) is 0. The monoisotopic (exact) mass is 336 g/mol. The quantitative estimate of drug-likeness (QED) is 0.516. The maximum Gasteiger partial charge on any atom is 0.277 e. The molecule has 1 aromatic heterocycles. The van der Waals surface area contributed by atoms with Crippen LogP contribution in [0.3, 0.4) is 0 Å². The molecule has 0 saturated carbocycles. The minimum Gasteiger partial charge on any atom is -0.411 e. The van der Waals surface area contributed by atoms with Gasteiger partial charge in [0.25, 0.3) is 5.22 Å². The van der Waals surface area contributed by atoms with E-state index in [1.165, 1.54) is 29.3 Å². The van der Waals surface area contributed by atoms with Crippen LogP contribution in [0.5, 0.6) is 0 Å². The van der Waals surface area contributed by atoms with Gasteiger partial charge in [-0.2, -0.15) is 0 Å². The first-order valence-electron chi connectivity index (χ1n) is 7.96. The fourth-order valence-corrected chi connectivity index (χ4v) is 3.58. The van der Waals surface area contributed by atoms with Gasteiger partial charge in [0.15, 0.2) is 5.78 Å². The minimum absolute atomic E-state index is 0.0918. The molecule has 0 amide bonds. The summed E-state index contributed by atoms with van der Waals surface area (Å²) >= 11 is 1.28. The molecule has 0 unspecified atom stereocenters. The van der Waals surface area contributed by atoms with Gasteiger partial charge in [0.1, 0.15) is 0 Å². The number of ketones is 1. The Morgan fingerprint density at radius 1 is 1.04 bits per heavy atom. The number of Topliss-reactive ketones (excluding diaryl/α,β-unsaturated/α-hetero) is 1. The highest BCUT2D eigenvalue weighted by molar-refractivity contribution is 7.99. The second-order valence-electron chi connectivity index (χ2n) is 5.79. The predicted molar refractivity (Wildman–Crippen MR) is 93.3 cm³/mol. The van der Waals surface area contributed by atoms with Crippen LogP contribution >= 0.6 is 11.8 Å². The Labute approximate surface area is 144 Å². The normalized spacial score (nSPS) is 13.0. The van der Waals surface area contributed by atoms with Crippen molar-refractivity contribution in [2.45, 2.75) is 24.5 Å². The van der Waals surface area contributed by atoms with E-state index in [0.29, 0.717) is 16.9 Å². The number of hydrogen-bond donors (Lipinski definition) is 0. The highest BCUT2D eigenvalue weighted by Gasteiger charge is 2.15. The van der Waals surface area contributed by atoms with Crippen LogP contribution in [0, 0.1) is 0 Å². The van der Waals surface area contributed by atoms with E-state index >= 15 is 0 Å². The van der Waals surface area contributed by atoms with E-state index < -0.39 is 0 Å². The predicted octanol–water partition coefficient (Wildman–Crippen LogP) is 4.20. The maximum atomic E-state index is 12.4. The van der Waals surface area contributed by atoms with Crippen molar-refractivity contribution >= 4 is 17.5 Å².